The minimum atomic E-state index is -1.05. The van der Waals surface area contributed by atoms with Crippen molar-refractivity contribution in [2.45, 2.75) is 6.61 Å². The third kappa shape index (κ3) is 5.20. The zero-order valence-corrected chi connectivity index (χ0v) is 18.6. The summed E-state index contributed by atoms with van der Waals surface area (Å²) in [5.74, 6) is -3.12. The van der Waals surface area contributed by atoms with E-state index in [1.807, 2.05) is 0 Å². The quantitative estimate of drug-likeness (QED) is 0.387. The van der Waals surface area contributed by atoms with Crippen molar-refractivity contribution in [3.8, 4) is 5.75 Å². The molecule has 0 bridgehead atoms. The molecule has 1 heterocycles. The molecule has 176 valence electrons. The van der Waals surface area contributed by atoms with Gasteiger partial charge in [-0.15, -0.1) is 0 Å². The molecular weight excluding hydrogens is 479 g/mol. The first-order chi connectivity index (χ1) is 16.7. The number of amides is 4. The Balaban J connectivity index is 1.63. The molecule has 0 spiro atoms. The number of halogens is 2. The van der Waals surface area contributed by atoms with Crippen molar-refractivity contribution in [1.82, 2.24) is 5.32 Å². The summed E-state index contributed by atoms with van der Waals surface area (Å²) in [7, 11) is 0. The number of urea groups is 1. The third-order valence-corrected chi connectivity index (χ3v) is 5.29. The Bertz CT molecular complexity index is 1370. The maximum absolute atomic E-state index is 13.3. The molecule has 1 saturated heterocycles. The molecule has 3 aromatic carbocycles. The number of ether oxygens (including phenoxy) is 1. The van der Waals surface area contributed by atoms with Crippen LogP contribution in [-0.4, -0.2) is 28.9 Å². The van der Waals surface area contributed by atoms with Gasteiger partial charge in [0.05, 0.1) is 11.3 Å². The fourth-order valence-corrected chi connectivity index (χ4v) is 3.49. The summed E-state index contributed by atoms with van der Waals surface area (Å²) in [6.07, 6.45) is 1.25. The minimum Gasteiger partial charge on any atom is -0.488 e. The molecule has 4 amide bonds. The van der Waals surface area contributed by atoms with Crippen LogP contribution in [0.2, 0.25) is 5.02 Å². The van der Waals surface area contributed by atoms with Gasteiger partial charge in [0.1, 0.15) is 23.7 Å². The summed E-state index contributed by atoms with van der Waals surface area (Å²) in [5.41, 5.74) is 0.842. The number of hydrogen-bond acceptors (Lipinski definition) is 5. The Kier molecular flexibility index (Phi) is 6.61. The summed E-state index contributed by atoms with van der Waals surface area (Å²) in [4.78, 5) is 49.6. The van der Waals surface area contributed by atoms with Gasteiger partial charge in [0.15, 0.2) is 0 Å². The molecule has 3 aromatic rings. The van der Waals surface area contributed by atoms with E-state index in [1.54, 1.807) is 24.3 Å². The number of imide groups is 2. The number of carboxylic acids is 1. The molecule has 1 aliphatic rings. The molecule has 1 fully saturated rings. The summed E-state index contributed by atoms with van der Waals surface area (Å²) >= 11 is 6.11. The number of carbonyl (C=O) groups excluding carboxylic acids is 3. The minimum absolute atomic E-state index is 0.0675. The second-order valence-electron chi connectivity index (χ2n) is 7.41. The number of rotatable bonds is 6. The summed E-state index contributed by atoms with van der Waals surface area (Å²) in [6.45, 7) is 0.0675. The lowest BCUT2D eigenvalue weighted by molar-refractivity contribution is -0.122. The van der Waals surface area contributed by atoms with Crippen LogP contribution >= 0.6 is 11.6 Å². The Morgan fingerprint density at radius 1 is 1.03 bits per heavy atom. The van der Waals surface area contributed by atoms with Crippen molar-refractivity contribution in [1.29, 1.82) is 0 Å². The predicted molar refractivity (Wildman–Crippen MR) is 125 cm³/mol. The number of aromatic carboxylic acids is 1. The lowest BCUT2D eigenvalue weighted by Crippen LogP contribution is -2.54. The van der Waals surface area contributed by atoms with Crippen molar-refractivity contribution in [3.63, 3.8) is 0 Å². The normalized spacial score (nSPS) is 14.7. The van der Waals surface area contributed by atoms with Gasteiger partial charge in [0, 0.05) is 10.6 Å². The highest BCUT2D eigenvalue weighted by Crippen LogP contribution is 2.28. The second-order valence-corrected chi connectivity index (χ2v) is 7.84. The molecule has 1 aliphatic heterocycles. The number of carbonyl (C=O) groups is 4. The van der Waals surface area contributed by atoms with Crippen LogP contribution in [0.5, 0.6) is 5.75 Å². The number of hydrogen-bond donors (Lipinski definition) is 2. The Labute approximate surface area is 203 Å². The standard InChI is InChI=1S/C25H16ClFN2O6/c26-17-5-10-21(35-13-14-1-3-15(4-2-14)24(32)33)16(11-17)12-20-22(30)28-25(34)29(23(20)31)19-8-6-18(27)7-9-19/h1-12H,13H2,(H,32,33)(H,28,30,34)/b20-12-. The van der Waals surface area contributed by atoms with E-state index in [0.29, 0.717) is 16.1 Å². The smallest absolute Gasteiger partial charge is 0.335 e. The van der Waals surface area contributed by atoms with Gasteiger partial charge in [-0.3, -0.25) is 14.9 Å². The van der Waals surface area contributed by atoms with Crippen molar-refractivity contribution < 1.29 is 33.4 Å². The summed E-state index contributed by atoms with van der Waals surface area (Å²) in [5, 5.41) is 11.4. The molecular formula is C25H16ClFN2O6. The largest absolute Gasteiger partial charge is 0.488 e. The van der Waals surface area contributed by atoms with E-state index in [1.165, 1.54) is 36.4 Å². The van der Waals surface area contributed by atoms with Crippen molar-refractivity contribution in [3.05, 3.63) is 99.8 Å². The van der Waals surface area contributed by atoms with Crippen LogP contribution in [0.25, 0.3) is 6.08 Å². The SMILES string of the molecule is O=C1NC(=O)N(c2ccc(F)cc2)C(=O)/C1=C\c1cc(Cl)ccc1OCc1ccc(C(=O)O)cc1. The van der Waals surface area contributed by atoms with Gasteiger partial charge in [-0.05, 0) is 66.2 Å². The number of nitrogens with one attached hydrogen (secondary N) is 1. The Morgan fingerprint density at radius 3 is 2.37 bits per heavy atom. The topological polar surface area (TPSA) is 113 Å². The van der Waals surface area contributed by atoms with Crippen LogP contribution in [-0.2, 0) is 16.2 Å². The van der Waals surface area contributed by atoms with Gasteiger partial charge in [0.2, 0.25) is 0 Å². The van der Waals surface area contributed by atoms with Crippen LogP contribution in [0.4, 0.5) is 14.9 Å². The van der Waals surface area contributed by atoms with Crippen LogP contribution in [0.3, 0.4) is 0 Å². The summed E-state index contributed by atoms with van der Waals surface area (Å²) in [6, 6.07) is 14.4. The fourth-order valence-electron chi connectivity index (χ4n) is 3.31. The highest BCUT2D eigenvalue weighted by molar-refractivity contribution is 6.39. The van der Waals surface area contributed by atoms with E-state index in [0.717, 1.165) is 17.0 Å². The van der Waals surface area contributed by atoms with E-state index < -0.39 is 29.6 Å². The first-order valence-electron chi connectivity index (χ1n) is 10.1. The van der Waals surface area contributed by atoms with Gasteiger partial charge in [-0.2, -0.15) is 0 Å². The third-order valence-electron chi connectivity index (χ3n) is 5.05. The van der Waals surface area contributed by atoms with Crippen molar-refractivity contribution >= 4 is 47.2 Å². The second kappa shape index (κ2) is 9.78. The summed E-state index contributed by atoms with van der Waals surface area (Å²) < 4.78 is 19.1. The lowest BCUT2D eigenvalue weighted by Gasteiger charge is -2.26. The molecule has 2 N–H and O–H groups in total. The van der Waals surface area contributed by atoms with Crippen molar-refractivity contribution in [2.24, 2.45) is 0 Å². The van der Waals surface area contributed by atoms with Gasteiger partial charge >= 0.3 is 12.0 Å². The molecule has 0 atom stereocenters. The number of benzene rings is 3. The van der Waals surface area contributed by atoms with Gasteiger partial charge < -0.3 is 9.84 Å². The Hall–Kier alpha value is -4.50. The molecule has 35 heavy (non-hydrogen) atoms. The predicted octanol–water partition coefficient (Wildman–Crippen LogP) is 4.42. The molecule has 0 aliphatic carbocycles. The number of anilines is 1. The van der Waals surface area contributed by atoms with E-state index in [-0.39, 0.29) is 29.2 Å². The van der Waals surface area contributed by atoms with E-state index in [2.05, 4.69) is 5.32 Å². The molecule has 8 nitrogen and oxygen atoms in total. The van der Waals surface area contributed by atoms with Gasteiger partial charge in [-0.25, -0.2) is 18.9 Å². The monoisotopic (exact) mass is 494 g/mol. The number of carboxylic acid groups (broad SMARTS) is 1. The average Bonchev–Trinajstić information content (AvgIpc) is 2.82. The molecule has 0 radical (unpaired) electrons. The molecule has 0 saturated carbocycles. The van der Waals surface area contributed by atoms with E-state index >= 15 is 0 Å². The molecule has 0 aromatic heterocycles. The Morgan fingerprint density at radius 2 is 1.71 bits per heavy atom. The maximum atomic E-state index is 13.3. The van der Waals surface area contributed by atoms with Crippen LogP contribution in [0.1, 0.15) is 21.5 Å². The molecule has 4 rings (SSSR count). The van der Waals surface area contributed by atoms with Crippen LogP contribution in [0.15, 0.2) is 72.3 Å². The van der Waals surface area contributed by atoms with E-state index in [4.69, 9.17) is 21.4 Å². The van der Waals surface area contributed by atoms with Gasteiger partial charge in [0.25, 0.3) is 11.8 Å². The van der Waals surface area contributed by atoms with E-state index in [9.17, 15) is 23.6 Å². The number of barbiturate groups is 1. The fraction of sp³-hybridized carbons (Fsp3) is 0.0400. The number of nitrogens with zero attached hydrogens (tertiary/aromatic N) is 1. The highest BCUT2D eigenvalue weighted by Gasteiger charge is 2.37. The zero-order valence-electron chi connectivity index (χ0n) is 17.8. The zero-order chi connectivity index (χ0) is 25.1. The van der Waals surface area contributed by atoms with Gasteiger partial charge in [-0.1, -0.05) is 23.7 Å². The average molecular weight is 495 g/mol. The first-order valence-corrected chi connectivity index (χ1v) is 10.5. The maximum Gasteiger partial charge on any atom is 0.335 e. The van der Waals surface area contributed by atoms with Crippen molar-refractivity contribution in [2.75, 3.05) is 4.90 Å². The molecule has 0 unspecified atom stereocenters. The van der Waals surface area contributed by atoms with Crippen LogP contribution < -0.4 is 15.0 Å². The first kappa shape index (κ1) is 23.7. The van der Waals surface area contributed by atoms with Crippen LogP contribution in [0, 0.1) is 5.82 Å². The highest BCUT2D eigenvalue weighted by atomic mass is 35.5. The lowest BCUT2D eigenvalue weighted by atomic mass is 10.1. The molecule has 10 heteroatoms.